The van der Waals surface area contributed by atoms with E-state index in [9.17, 15) is 9.18 Å². The molecule has 2 unspecified atom stereocenters. The van der Waals surface area contributed by atoms with Gasteiger partial charge in [-0.25, -0.2) is 4.39 Å². The van der Waals surface area contributed by atoms with E-state index in [1.165, 1.54) is 12.1 Å². The van der Waals surface area contributed by atoms with Crippen molar-refractivity contribution in [2.75, 3.05) is 0 Å². The van der Waals surface area contributed by atoms with Gasteiger partial charge in [0, 0.05) is 6.42 Å². The molecule has 0 spiro atoms. The van der Waals surface area contributed by atoms with Gasteiger partial charge in [-0.05, 0) is 42.4 Å². The fraction of sp³-hybridized carbons (Fsp3) is 0.400. The summed E-state index contributed by atoms with van der Waals surface area (Å²) < 4.78 is 12.7. The predicted molar refractivity (Wildman–Crippen MR) is 68.5 cm³/mol. The normalized spacial score (nSPS) is 23.6. The number of carboxylic acid groups (broad SMARTS) is 1. The molecule has 1 aliphatic carbocycles. The van der Waals surface area contributed by atoms with E-state index in [2.05, 4.69) is 6.08 Å². The Balaban J connectivity index is 1.99. The summed E-state index contributed by atoms with van der Waals surface area (Å²) in [5, 5.41) is 8.84. The third-order valence-corrected chi connectivity index (χ3v) is 3.56. The van der Waals surface area contributed by atoms with Gasteiger partial charge in [0.1, 0.15) is 5.82 Å². The fourth-order valence-electron chi connectivity index (χ4n) is 2.61. The summed E-state index contributed by atoms with van der Waals surface area (Å²) in [6.45, 7) is 0. The Bertz CT molecular complexity index is 436. The zero-order chi connectivity index (χ0) is 13.0. The lowest BCUT2D eigenvalue weighted by atomic mass is 9.92. The Morgan fingerprint density at radius 2 is 2.06 bits per heavy atom. The summed E-state index contributed by atoms with van der Waals surface area (Å²) in [7, 11) is 0. The first-order valence-corrected chi connectivity index (χ1v) is 6.31. The van der Waals surface area contributed by atoms with Crippen LogP contribution in [0, 0.1) is 17.7 Å². The smallest absolute Gasteiger partial charge is 0.303 e. The largest absolute Gasteiger partial charge is 0.481 e. The maximum absolute atomic E-state index is 12.7. The van der Waals surface area contributed by atoms with Gasteiger partial charge in [0.15, 0.2) is 0 Å². The molecule has 2 rings (SSSR count). The molecule has 0 amide bonds. The Labute approximate surface area is 106 Å². The third-order valence-electron chi connectivity index (χ3n) is 3.56. The molecule has 3 heteroatoms. The van der Waals surface area contributed by atoms with E-state index in [-0.39, 0.29) is 18.2 Å². The summed E-state index contributed by atoms with van der Waals surface area (Å²) in [6.07, 6.45) is 7.42. The van der Waals surface area contributed by atoms with Crippen LogP contribution in [0.1, 0.15) is 31.2 Å². The molecule has 1 fully saturated rings. The fourth-order valence-corrected chi connectivity index (χ4v) is 2.61. The summed E-state index contributed by atoms with van der Waals surface area (Å²) in [5.74, 6) is -0.371. The van der Waals surface area contributed by atoms with Crippen molar-refractivity contribution < 1.29 is 14.3 Å². The molecule has 0 radical (unpaired) electrons. The Hall–Kier alpha value is -1.64. The van der Waals surface area contributed by atoms with E-state index in [0.717, 1.165) is 24.8 Å². The topological polar surface area (TPSA) is 37.3 Å². The minimum atomic E-state index is -0.720. The lowest BCUT2D eigenvalue weighted by Gasteiger charge is -2.13. The van der Waals surface area contributed by atoms with E-state index < -0.39 is 5.97 Å². The van der Waals surface area contributed by atoms with Crippen LogP contribution < -0.4 is 0 Å². The zero-order valence-electron chi connectivity index (χ0n) is 10.2. The van der Waals surface area contributed by atoms with Crippen molar-refractivity contribution in [2.24, 2.45) is 11.8 Å². The van der Waals surface area contributed by atoms with Gasteiger partial charge >= 0.3 is 5.97 Å². The second-order valence-corrected chi connectivity index (χ2v) is 4.86. The molecule has 1 aromatic carbocycles. The van der Waals surface area contributed by atoms with Crippen LogP contribution in [0.25, 0.3) is 6.08 Å². The minimum Gasteiger partial charge on any atom is -0.481 e. The van der Waals surface area contributed by atoms with Crippen molar-refractivity contribution in [1.82, 2.24) is 0 Å². The molecule has 0 aromatic heterocycles. The molecular weight excluding hydrogens is 231 g/mol. The molecule has 1 aliphatic rings. The van der Waals surface area contributed by atoms with Gasteiger partial charge in [-0.1, -0.05) is 30.7 Å². The van der Waals surface area contributed by atoms with Gasteiger partial charge in [-0.2, -0.15) is 0 Å². The molecule has 18 heavy (non-hydrogen) atoms. The first kappa shape index (κ1) is 12.8. The molecule has 1 saturated carbocycles. The quantitative estimate of drug-likeness (QED) is 0.881. The van der Waals surface area contributed by atoms with E-state index in [0.29, 0.717) is 5.92 Å². The van der Waals surface area contributed by atoms with Crippen molar-refractivity contribution in [1.29, 1.82) is 0 Å². The van der Waals surface area contributed by atoms with Crippen LogP contribution in [-0.4, -0.2) is 11.1 Å². The first-order valence-electron chi connectivity index (χ1n) is 6.31. The second-order valence-electron chi connectivity index (χ2n) is 4.86. The molecule has 2 nitrogen and oxygen atoms in total. The molecular formula is C15H17FO2. The number of carbonyl (C=O) groups is 1. The van der Waals surface area contributed by atoms with Gasteiger partial charge in [-0.3, -0.25) is 4.79 Å². The van der Waals surface area contributed by atoms with Crippen LogP contribution in [0.4, 0.5) is 4.39 Å². The van der Waals surface area contributed by atoms with Crippen LogP contribution in [0.3, 0.4) is 0 Å². The second kappa shape index (κ2) is 5.80. The Kier molecular flexibility index (Phi) is 4.13. The lowest BCUT2D eigenvalue weighted by Crippen LogP contribution is -2.10. The summed E-state index contributed by atoms with van der Waals surface area (Å²) in [6, 6.07) is 6.33. The molecule has 0 saturated heterocycles. The standard InChI is InChI=1S/C15H17FO2/c16-14-8-5-11(6-9-14)4-7-12-2-1-3-13(12)10-15(17)18/h4-9,12-13H,1-3,10H2,(H,17,18). The maximum Gasteiger partial charge on any atom is 0.303 e. The monoisotopic (exact) mass is 248 g/mol. The maximum atomic E-state index is 12.7. The van der Waals surface area contributed by atoms with Gasteiger partial charge in [0.05, 0.1) is 0 Å². The number of benzene rings is 1. The molecule has 2 atom stereocenters. The zero-order valence-corrected chi connectivity index (χ0v) is 10.2. The molecule has 96 valence electrons. The summed E-state index contributed by atoms with van der Waals surface area (Å²) >= 11 is 0. The minimum absolute atomic E-state index is 0.239. The molecule has 1 N–H and O–H groups in total. The van der Waals surface area contributed by atoms with Crippen LogP contribution in [-0.2, 0) is 4.79 Å². The van der Waals surface area contributed by atoms with Gasteiger partial charge in [-0.15, -0.1) is 0 Å². The highest BCUT2D eigenvalue weighted by molar-refractivity contribution is 5.67. The highest BCUT2D eigenvalue weighted by atomic mass is 19.1. The molecule has 0 aliphatic heterocycles. The number of aliphatic carboxylic acids is 1. The number of allylic oxidation sites excluding steroid dienone is 1. The van der Waals surface area contributed by atoms with Gasteiger partial charge in [0.25, 0.3) is 0 Å². The van der Waals surface area contributed by atoms with Crippen LogP contribution in [0.5, 0.6) is 0 Å². The van der Waals surface area contributed by atoms with Crippen molar-refractivity contribution >= 4 is 12.0 Å². The van der Waals surface area contributed by atoms with E-state index in [1.807, 2.05) is 6.08 Å². The SMILES string of the molecule is O=C(O)CC1CCCC1C=Cc1ccc(F)cc1. The average molecular weight is 248 g/mol. The number of halogens is 1. The van der Waals surface area contributed by atoms with Crippen molar-refractivity contribution in [3.05, 3.63) is 41.7 Å². The van der Waals surface area contributed by atoms with E-state index in [4.69, 9.17) is 5.11 Å². The van der Waals surface area contributed by atoms with E-state index >= 15 is 0 Å². The highest BCUT2D eigenvalue weighted by Gasteiger charge is 2.26. The summed E-state index contributed by atoms with van der Waals surface area (Å²) in [5.41, 5.74) is 0.956. The van der Waals surface area contributed by atoms with E-state index in [1.54, 1.807) is 12.1 Å². The number of rotatable bonds is 4. The first-order chi connectivity index (χ1) is 8.65. The van der Waals surface area contributed by atoms with Crippen molar-refractivity contribution in [3.63, 3.8) is 0 Å². The van der Waals surface area contributed by atoms with Gasteiger partial charge < -0.3 is 5.11 Å². The van der Waals surface area contributed by atoms with Crippen LogP contribution in [0.15, 0.2) is 30.3 Å². The molecule has 1 aromatic rings. The number of carboxylic acids is 1. The Morgan fingerprint density at radius 1 is 1.33 bits per heavy atom. The molecule has 0 heterocycles. The third kappa shape index (κ3) is 3.42. The number of hydrogen-bond donors (Lipinski definition) is 1. The Morgan fingerprint density at radius 3 is 2.72 bits per heavy atom. The van der Waals surface area contributed by atoms with Crippen molar-refractivity contribution in [2.45, 2.75) is 25.7 Å². The summed E-state index contributed by atoms with van der Waals surface area (Å²) in [4.78, 5) is 10.7. The van der Waals surface area contributed by atoms with Crippen LogP contribution >= 0.6 is 0 Å². The average Bonchev–Trinajstić information content (AvgIpc) is 2.75. The van der Waals surface area contributed by atoms with Gasteiger partial charge in [0.2, 0.25) is 0 Å². The number of hydrogen-bond acceptors (Lipinski definition) is 1. The predicted octanol–water partition coefficient (Wildman–Crippen LogP) is 3.73. The van der Waals surface area contributed by atoms with Crippen molar-refractivity contribution in [3.8, 4) is 0 Å². The van der Waals surface area contributed by atoms with Crippen LogP contribution in [0.2, 0.25) is 0 Å². The lowest BCUT2D eigenvalue weighted by molar-refractivity contribution is -0.138. The molecule has 0 bridgehead atoms. The highest BCUT2D eigenvalue weighted by Crippen LogP contribution is 2.35.